The van der Waals surface area contributed by atoms with Crippen LogP contribution in [0.5, 0.6) is 11.5 Å². The number of hydrogen-bond acceptors (Lipinski definition) is 8. The predicted molar refractivity (Wildman–Crippen MR) is 127 cm³/mol. The second-order valence-electron chi connectivity index (χ2n) is 6.94. The molecule has 0 atom stereocenters. The quantitative estimate of drug-likeness (QED) is 0.357. The summed E-state index contributed by atoms with van der Waals surface area (Å²) in [6.07, 6.45) is 0.153. The molecule has 0 bridgehead atoms. The van der Waals surface area contributed by atoms with E-state index in [1.54, 1.807) is 32.4 Å². The molecule has 1 aromatic heterocycles. The second kappa shape index (κ2) is 11.0. The van der Waals surface area contributed by atoms with Gasteiger partial charge in [-0.25, -0.2) is 0 Å². The molecule has 0 fully saturated rings. The first-order chi connectivity index (χ1) is 15.4. The highest BCUT2D eigenvalue weighted by molar-refractivity contribution is 8.01. The first kappa shape index (κ1) is 23.6. The van der Waals surface area contributed by atoms with Crippen molar-refractivity contribution in [3.63, 3.8) is 0 Å². The summed E-state index contributed by atoms with van der Waals surface area (Å²) in [4.78, 5) is 24.6. The molecule has 2 amide bonds. The van der Waals surface area contributed by atoms with E-state index in [0.717, 1.165) is 22.4 Å². The first-order valence-corrected chi connectivity index (χ1v) is 11.5. The SMILES string of the molecule is COc1ccc(CC(=O)Nc2nnc(SCC(=O)Nc3ccc(C)cc3C)s2)cc1OC. The number of ether oxygens (including phenoxy) is 2. The van der Waals surface area contributed by atoms with E-state index < -0.39 is 0 Å². The van der Waals surface area contributed by atoms with Crippen molar-refractivity contribution >= 4 is 45.7 Å². The highest BCUT2D eigenvalue weighted by atomic mass is 32.2. The Morgan fingerprint density at radius 3 is 2.47 bits per heavy atom. The number of rotatable bonds is 9. The number of nitrogens with one attached hydrogen (secondary N) is 2. The Hall–Kier alpha value is -3.11. The van der Waals surface area contributed by atoms with E-state index in [9.17, 15) is 9.59 Å². The maximum absolute atomic E-state index is 12.4. The number of aromatic nitrogens is 2. The highest BCUT2D eigenvalue weighted by Gasteiger charge is 2.13. The summed E-state index contributed by atoms with van der Waals surface area (Å²) in [6.45, 7) is 3.96. The molecule has 0 spiro atoms. The van der Waals surface area contributed by atoms with Crippen molar-refractivity contribution in [1.29, 1.82) is 0 Å². The number of anilines is 2. The summed E-state index contributed by atoms with van der Waals surface area (Å²) in [5.74, 6) is 1.01. The van der Waals surface area contributed by atoms with Gasteiger partial charge >= 0.3 is 0 Å². The van der Waals surface area contributed by atoms with Crippen LogP contribution in [0.25, 0.3) is 0 Å². The minimum absolute atomic E-state index is 0.129. The molecule has 2 aromatic carbocycles. The number of nitrogens with zero attached hydrogens (tertiary/aromatic N) is 2. The number of aryl methyl sites for hydroxylation is 2. The highest BCUT2D eigenvalue weighted by Crippen LogP contribution is 2.29. The molecule has 10 heteroatoms. The number of thioether (sulfide) groups is 1. The third-order valence-corrected chi connectivity index (χ3v) is 6.42. The number of carbonyl (C=O) groups excluding carboxylic acids is 2. The maximum Gasteiger partial charge on any atom is 0.234 e. The van der Waals surface area contributed by atoms with Gasteiger partial charge in [0.25, 0.3) is 0 Å². The number of hydrogen-bond donors (Lipinski definition) is 2. The average Bonchev–Trinajstić information content (AvgIpc) is 3.21. The molecule has 32 heavy (non-hydrogen) atoms. The molecule has 0 unspecified atom stereocenters. The summed E-state index contributed by atoms with van der Waals surface area (Å²) in [5, 5.41) is 14.0. The number of methoxy groups -OCH3 is 2. The lowest BCUT2D eigenvalue weighted by Gasteiger charge is -2.09. The van der Waals surface area contributed by atoms with Crippen LogP contribution in [0.2, 0.25) is 0 Å². The van der Waals surface area contributed by atoms with Gasteiger partial charge in [-0.1, -0.05) is 46.9 Å². The molecule has 0 aliphatic carbocycles. The van der Waals surface area contributed by atoms with E-state index in [-0.39, 0.29) is 24.0 Å². The number of benzene rings is 2. The Labute approximate surface area is 194 Å². The third kappa shape index (κ3) is 6.44. The molecule has 0 saturated heterocycles. The normalized spacial score (nSPS) is 10.5. The van der Waals surface area contributed by atoms with Gasteiger partial charge in [-0.05, 0) is 43.2 Å². The largest absolute Gasteiger partial charge is 0.493 e. The van der Waals surface area contributed by atoms with Crippen LogP contribution in [0, 0.1) is 13.8 Å². The minimum atomic E-state index is -0.225. The van der Waals surface area contributed by atoms with Crippen molar-refractivity contribution in [2.24, 2.45) is 0 Å². The fraction of sp³-hybridized carbons (Fsp3) is 0.273. The van der Waals surface area contributed by atoms with Gasteiger partial charge in [-0.3, -0.25) is 9.59 Å². The van der Waals surface area contributed by atoms with Gasteiger partial charge in [-0.2, -0.15) is 0 Å². The average molecular weight is 473 g/mol. The lowest BCUT2D eigenvalue weighted by atomic mass is 10.1. The van der Waals surface area contributed by atoms with Crippen LogP contribution in [0.1, 0.15) is 16.7 Å². The van der Waals surface area contributed by atoms with Crippen molar-refractivity contribution in [2.45, 2.75) is 24.6 Å². The van der Waals surface area contributed by atoms with Crippen LogP contribution in [-0.2, 0) is 16.0 Å². The molecule has 2 N–H and O–H groups in total. The van der Waals surface area contributed by atoms with Crippen LogP contribution < -0.4 is 20.1 Å². The Kier molecular flexibility index (Phi) is 8.07. The van der Waals surface area contributed by atoms with Crippen molar-refractivity contribution in [1.82, 2.24) is 10.2 Å². The molecule has 0 saturated carbocycles. The van der Waals surface area contributed by atoms with Gasteiger partial charge in [0.05, 0.1) is 26.4 Å². The Morgan fingerprint density at radius 1 is 0.969 bits per heavy atom. The molecule has 0 aliphatic rings. The maximum atomic E-state index is 12.4. The van der Waals surface area contributed by atoms with E-state index in [4.69, 9.17) is 9.47 Å². The smallest absolute Gasteiger partial charge is 0.234 e. The fourth-order valence-electron chi connectivity index (χ4n) is 2.93. The Morgan fingerprint density at radius 2 is 1.75 bits per heavy atom. The lowest BCUT2D eigenvalue weighted by molar-refractivity contribution is -0.115. The van der Waals surface area contributed by atoms with Gasteiger partial charge in [0.1, 0.15) is 0 Å². The van der Waals surface area contributed by atoms with Crippen LogP contribution in [-0.4, -0.2) is 42.0 Å². The molecule has 168 valence electrons. The number of carbonyl (C=O) groups is 2. The first-order valence-electron chi connectivity index (χ1n) is 9.72. The van der Waals surface area contributed by atoms with Gasteiger partial charge in [0.2, 0.25) is 16.9 Å². The zero-order valence-electron chi connectivity index (χ0n) is 18.2. The topological polar surface area (TPSA) is 102 Å². The summed E-state index contributed by atoms with van der Waals surface area (Å²) >= 11 is 2.49. The van der Waals surface area contributed by atoms with Crippen molar-refractivity contribution in [2.75, 3.05) is 30.6 Å². The molecule has 0 radical (unpaired) electrons. The Bertz CT molecular complexity index is 1120. The van der Waals surface area contributed by atoms with E-state index in [0.29, 0.717) is 21.0 Å². The summed E-state index contributed by atoms with van der Waals surface area (Å²) in [6, 6.07) is 11.2. The lowest BCUT2D eigenvalue weighted by Crippen LogP contribution is -2.14. The van der Waals surface area contributed by atoms with Gasteiger partial charge < -0.3 is 20.1 Å². The van der Waals surface area contributed by atoms with Crippen LogP contribution in [0.4, 0.5) is 10.8 Å². The summed E-state index contributed by atoms with van der Waals surface area (Å²) in [5.41, 5.74) is 3.73. The van der Waals surface area contributed by atoms with Gasteiger partial charge in [0.15, 0.2) is 15.8 Å². The van der Waals surface area contributed by atoms with Crippen LogP contribution >= 0.6 is 23.1 Å². The van der Waals surface area contributed by atoms with E-state index >= 15 is 0 Å². The second-order valence-corrected chi connectivity index (χ2v) is 9.14. The number of amides is 2. The minimum Gasteiger partial charge on any atom is -0.493 e. The standard InChI is InChI=1S/C22H24N4O4S2/c1-13-5-7-16(14(2)9-13)23-20(28)12-31-22-26-25-21(32-22)24-19(27)11-15-6-8-17(29-3)18(10-15)30-4/h5-10H,11-12H2,1-4H3,(H,23,28)(H,24,25,27). The summed E-state index contributed by atoms with van der Waals surface area (Å²) < 4.78 is 11.1. The summed E-state index contributed by atoms with van der Waals surface area (Å²) in [7, 11) is 3.10. The van der Waals surface area contributed by atoms with Crippen molar-refractivity contribution < 1.29 is 19.1 Å². The molecular weight excluding hydrogens is 448 g/mol. The molecule has 1 heterocycles. The van der Waals surface area contributed by atoms with Crippen LogP contribution in [0.15, 0.2) is 40.7 Å². The fourth-order valence-corrected chi connectivity index (χ4v) is 4.49. The van der Waals surface area contributed by atoms with E-state index in [1.807, 2.05) is 32.0 Å². The van der Waals surface area contributed by atoms with E-state index in [1.165, 1.54) is 23.1 Å². The van der Waals surface area contributed by atoms with Gasteiger partial charge in [-0.15, -0.1) is 10.2 Å². The van der Waals surface area contributed by atoms with Crippen molar-refractivity contribution in [3.05, 3.63) is 53.1 Å². The Balaban J connectivity index is 1.50. The van der Waals surface area contributed by atoms with E-state index in [2.05, 4.69) is 20.8 Å². The zero-order valence-corrected chi connectivity index (χ0v) is 19.9. The molecule has 3 aromatic rings. The molecule has 3 rings (SSSR count). The molecular formula is C22H24N4O4S2. The third-order valence-electron chi connectivity index (χ3n) is 4.45. The van der Waals surface area contributed by atoms with Gasteiger partial charge in [0, 0.05) is 5.69 Å². The van der Waals surface area contributed by atoms with Crippen molar-refractivity contribution in [3.8, 4) is 11.5 Å². The molecule has 0 aliphatic heterocycles. The zero-order chi connectivity index (χ0) is 23.1. The predicted octanol–water partition coefficient (Wildman–Crippen LogP) is 4.08. The van der Waals surface area contributed by atoms with Crippen LogP contribution in [0.3, 0.4) is 0 Å². The molecule has 8 nitrogen and oxygen atoms in total. The monoisotopic (exact) mass is 472 g/mol.